The first-order valence-electron chi connectivity index (χ1n) is 14.2. The first-order valence-corrected chi connectivity index (χ1v) is 14.2. The molecule has 2 heterocycles. The van der Waals surface area contributed by atoms with E-state index in [9.17, 15) is 37.6 Å². The van der Waals surface area contributed by atoms with E-state index in [0.717, 1.165) is 6.42 Å². The lowest BCUT2D eigenvalue weighted by Crippen LogP contribution is -2.61. The average molecular weight is 584 g/mol. The Hall–Kier alpha value is -2.88. The van der Waals surface area contributed by atoms with Gasteiger partial charge in [0.25, 0.3) is 0 Å². The van der Waals surface area contributed by atoms with Gasteiger partial charge in [-0.15, -0.1) is 0 Å². The molecule has 2 aliphatic carbocycles. The molecule has 0 aromatic carbocycles. The van der Waals surface area contributed by atoms with E-state index in [2.05, 4.69) is 10.6 Å². The number of nitrogens with one attached hydrogen (secondary N) is 3. The molecule has 4 rings (SSSR count). The zero-order valence-corrected chi connectivity index (χ0v) is 24.4. The highest BCUT2D eigenvalue weighted by atomic mass is 19.4. The molecule has 2 saturated heterocycles. The van der Waals surface area contributed by atoms with Gasteiger partial charge in [-0.05, 0) is 77.0 Å². The Morgan fingerprint density at radius 1 is 1.17 bits per heavy atom. The van der Waals surface area contributed by atoms with Crippen molar-refractivity contribution in [2.45, 2.75) is 115 Å². The van der Waals surface area contributed by atoms with Gasteiger partial charge >= 0.3 is 12.1 Å². The molecule has 0 spiro atoms. The van der Waals surface area contributed by atoms with Crippen molar-refractivity contribution in [3.63, 3.8) is 0 Å². The molecule has 0 bridgehead atoms. The molecule has 10 nitrogen and oxygen atoms in total. The van der Waals surface area contributed by atoms with Crippen molar-refractivity contribution in [1.29, 1.82) is 5.26 Å². The van der Waals surface area contributed by atoms with Crippen LogP contribution in [0.15, 0.2) is 0 Å². The van der Waals surface area contributed by atoms with Crippen LogP contribution in [-0.2, 0) is 23.9 Å². The number of fused-ring (bicyclic) bond motifs is 1. The molecule has 0 aromatic rings. The Bertz CT molecular complexity index is 1140. The Labute approximate surface area is 238 Å². The van der Waals surface area contributed by atoms with Gasteiger partial charge in [-0.2, -0.15) is 18.4 Å². The average Bonchev–Trinajstić information content (AvgIpc) is 3.12. The maximum absolute atomic E-state index is 13.8. The molecular weight excluding hydrogens is 543 g/mol. The van der Waals surface area contributed by atoms with Crippen LogP contribution in [-0.4, -0.2) is 76.6 Å². The van der Waals surface area contributed by atoms with Crippen molar-refractivity contribution in [3.8, 4) is 6.07 Å². The van der Waals surface area contributed by atoms with Crippen LogP contribution in [0.3, 0.4) is 0 Å². The van der Waals surface area contributed by atoms with E-state index < -0.39 is 65.2 Å². The number of nitrogens with zero attached hydrogens (tertiary/aromatic N) is 2. The summed E-state index contributed by atoms with van der Waals surface area (Å²) in [6.07, 6.45) is -3.51. The van der Waals surface area contributed by atoms with E-state index >= 15 is 0 Å². The van der Waals surface area contributed by atoms with Crippen LogP contribution < -0.4 is 16.0 Å². The lowest BCUT2D eigenvalue weighted by molar-refractivity contribution is -0.180. The van der Waals surface area contributed by atoms with Gasteiger partial charge in [-0.1, -0.05) is 13.8 Å². The molecule has 0 radical (unpaired) electrons. The number of halogens is 3. The number of nitriles is 1. The van der Waals surface area contributed by atoms with Crippen molar-refractivity contribution in [3.05, 3.63) is 0 Å². The van der Waals surface area contributed by atoms with E-state index in [1.165, 1.54) is 11.8 Å². The number of carbonyl (C=O) groups excluding carboxylic acids is 4. The molecular formula is C28H40F3N5O5. The minimum absolute atomic E-state index is 0.0801. The normalized spacial score (nSPS) is 31.0. The van der Waals surface area contributed by atoms with E-state index in [1.807, 2.05) is 39.1 Å². The molecule has 4 amide bonds. The van der Waals surface area contributed by atoms with Crippen molar-refractivity contribution < 1.29 is 37.1 Å². The second kappa shape index (κ2) is 10.4. The molecule has 7 atom stereocenters. The van der Waals surface area contributed by atoms with Crippen molar-refractivity contribution in [2.24, 2.45) is 23.2 Å². The summed E-state index contributed by atoms with van der Waals surface area (Å²) < 4.78 is 45.7. The number of piperidine rings is 1. The monoisotopic (exact) mass is 583 g/mol. The molecule has 4 aliphatic rings. The topological polar surface area (TPSA) is 141 Å². The summed E-state index contributed by atoms with van der Waals surface area (Å²) in [5.74, 6) is -4.76. The molecule has 0 aromatic heterocycles. The third kappa shape index (κ3) is 6.17. The zero-order valence-electron chi connectivity index (χ0n) is 24.4. The van der Waals surface area contributed by atoms with Gasteiger partial charge in [0.15, 0.2) is 0 Å². The van der Waals surface area contributed by atoms with Crippen LogP contribution in [0.25, 0.3) is 0 Å². The number of hydrogen-bond donors (Lipinski definition) is 3. The number of hydrogen-bond acceptors (Lipinski definition) is 6. The van der Waals surface area contributed by atoms with E-state index in [-0.39, 0.29) is 36.1 Å². The number of rotatable bonds is 9. The summed E-state index contributed by atoms with van der Waals surface area (Å²) in [6, 6.07) is -1.70. The van der Waals surface area contributed by atoms with Crippen LogP contribution in [0.5, 0.6) is 0 Å². The van der Waals surface area contributed by atoms with Gasteiger partial charge in [0.05, 0.1) is 17.8 Å². The highest BCUT2D eigenvalue weighted by molar-refractivity contribution is 5.95. The van der Waals surface area contributed by atoms with Crippen LogP contribution in [0, 0.1) is 34.5 Å². The minimum Gasteiger partial charge on any atom is -0.370 e. The fourth-order valence-corrected chi connectivity index (χ4v) is 6.98. The Kier molecular flexibility index (Phi) is 7.91. The molecule has 4 fully saturated rings. The van der Waals surface area contributed by atoms with E-state index in [0.29, 0.717) is 19.3 Å². The molecule has 3 unspecified atom stereocenters. The fraction of sp³-hybridized carbons (Fsp3) is 0.821. The molecule has 41 heavy (non-hydrogen) atoms. The van der Waals surface area contributed by atoms with Crippen molar-refractivity contribution >= 4 is 23.6 Å². The smallest absolute Gasteiger partial charge is 0.370 e. The summed E-state index contributed by atoms with van der Waals surface area (Å²) in [6.45, 7) is 11.0. The first kappa shape index (κ1) is 31.1. The van der Waals surface area contributed by atoms with Crippen molar-refractivity contribution in [1.82, 2.24) is 20.9 Å². The third-order valence-electron chi connectivity index (χ3n) is 9.50. The maximum Gasteiger partial charge on any atom is 0.471 e. The maximum atomic E-state index is 13.8. The summed E-state index contributed by atoms with van der Waals surface area (Å²) in [5, 5.41) is 17.1. The number of alkyl halides is 3. The minimum atomic E-state index is -5.22. The van der Waals surface area contributed by atoms with E-state index in [4.69, 9.17) is 4.74 Å². The second-order valence-corrected chi connectivity index (χ2v) is 13.7. The molecule has 228 valence electrons. The summed E-state index contributed by atoms with van der Waals surface area (Å²) in [5.41, 5.74) is -1.35. The standard InChI is InChI=1S/C28H40F3N5O5/c1-14(41-27(6)8-7-9-27)19(34-24(40)28(29,30)31)23(39)36-13-17-18(26(17,4)5)20(36)22(38)33-16(12-32)10-15-11-25(2,3)35-21(15)37/h14-20H,7-11,13H2,1-6H3,(H,33,38)(H,34,40)(H,35,37)/t14-,15-,16+,17?,18?,19+,20?/m1/s1. The van der Waals surface area contributed by atoms with Crippen LogP contribution in [0.1, 0.15) is 73.6 Å². The predicted octanol–water partition coefficient (Wildman–Crippen LogP) is 2.18. The van der Waals surface area contributed by atoms with Gasteiger partial charge in [-0.25, -0.2) is 0 Å². The summed E-state index contributed by atoms with van der Waals surface area (Å²) in [7, 11) is 0. The third-order valence-corrected chi connectivity index (χ3v) is 9.50. The first-order chi connectivity index (χ1) is 18.8. The second-order valence-electron chi connectivity index (χ2n) is 13.7. The lowest BCUT2D eigenvalue weighted by Gasteiger charge is -2.43. The highest BCUT2D eigenvalue weighted by Crippen LogP contribution is 2.65. The van der Waals surface area contributed by atoms with Crippen LogP contribution in [0.4, 0.5) is 13.2 Å². The van der Waals surface area contributed by atoms with Gasteiger partial charge < -0.3 is 25.6 Å². The van der Waals surface area contributed by atoms with Gasteiger partial charge in [0, 0.05) is 18.0 Å². The summed E-state index contributed by atoms with van der Waals surface area (Å²) >= 11 is 0. The quantitative estimate of drug-likeness (QED) is 0.380. The van der Waals surface area contributed by atoms with E-state index in [1.54, 1.807) is 6.92 Å². The van der Waals surface area contributed by atoms with Gasteiger partial charge in [-0.3, -0.25) is 19.2 Å². The highest BCUT2D eigenvalue weighted by Gasteiger charge is 2.70. The Morgan fingerprint density at radius 3 is 2.29 bits per heavy atom. The number of likely N-dealkylation sites (tertiary alicyclic amines) is 1. The molecule has 2 saturated carbocycles. The van der Waals surface area contributed by atoms with Crippen molar-refractivity contribution in [2.75, 3.05) is 6.54 Å². The number of carbonyl (C=O) groups is 4. The lowest BCUT2D eigenvalue weighted by atomic mass is 9.81. The zero-order chi connectivity index (χ0) is 30.7. The van der Waals surface area contributed by atoms with Gasteiger partial charge in [0.1, 0.15) is 18.1 Å². The predicted molar refractivity (Wildman–Crippen MR) is 140 cm³/mol. The summed E-state index contributed by atoms with van der Waals surface area (Å²) in [4.78, 5) is 53.0. The Morgan fingerprint density at radius 2 is 1.80 bits per heavy atom. The van der Waals surface area contributed by atoms with Crippen LogP contribution in [0.2, 0.25) is 0 Å². The number of ether oxygens (including phenoxy) is 1. The SMILES string of the molecule is C[C@@H](OC1(C)CCC1)[C@H](NC(=O)C(F)(F)F)C(=O)N1CC2C(C1C(=O)N[C@H](C#N)C[C@@H]1CC(C)(C)NC1=O)C2(C)C. The van der Waals surface area contributed by atoms with Crippen LogP contribution >= 0.6 is 0 Å². The molecule has 13 heteroatoms. The number of amides is 4. The molecule has 3 N–H and O–H groups in total. The largest absolute Gasteiger partial charge is 0.471 e. The Balaban J connectivity index is 1.54. The van der Waals surface area contributed by atoms with Gasteiger partial charge in [0.2, 0.25) is 17.7 Å². The fourth-order valence-electron chi connectivity index (χ4n) is 6.98. The molecule has 2 aliphatic heterocycles.